The Morgan fingerprint density at radius 2 is 2.05 bits per heavy atom. The Morgan fingerprint density at radius 3 is 2.70 bits per heavy atom. The minimum atomic E-state index is -0.0121. The molecule has 0 radical (unpaired) electrons. The molecule has 1 aromatic rings. The number of rotatable bonds is 8. The molecule has 0 heterocycles. The molecule has 0 atom stereocenters. The number of amides is 1. The van der Waals surface area contributed by atoms with Crippen LogP contribution < -0.4 is 10.6 Å². The summed E-state index contributed by atoms with van der Waals surface area (Å²) in [5, 5.41) is 6.10. The second-order valence-electron chi connectivity index (χ2n) is 4.18. The molecule has 1 aromatic carbocycles. The van der Waals surface area contributed by atoms with Crippen LogP contribution in [-0.2, 0) is 4.74 Å². The fourth-order valence-electron chi connectivity index (χ4n) is 1.63. The summed E-state index contributed by atoms with van der Waals surface area (Å²) < 4.78 is 4.93. The van der Waals surface area contributed by atoms with Crippen LogP contribution in [0.4, 0.5) is 0 Å². The van der Waals surface area contributed by atoms with Gasteiger partial charge in [-0.25, -0.2) is 0 Å². The van der Waals surface area contributed by atoms with Crippen molar-refractivity contribution in [3.05, 3.63) is 29.3 Å². The molecular weight excluding hydrogens is 296 g/mol. The van der Waals surface area contributed by atoms with Crippen LogP contribution in [-0.4, -0.2) is 45.5 Å². The van der Waals surface area contributed by atoms with Crippen molar-refractivity contribution in [2.45, 2.75) is 11.8 Å². The number of benzene rings is 1. The van der Waals surface area contributed by atoms with E-state index in [-0.39, 0.29) is 18.3 Å². The Labute approximate surface area is 131 Å². The van der Waals surface area contributed by atoms with E-state index >= 15 is 0 Å². The summed E-state index contributed by atoms with van der Waals surface area (Å²) in [5.41, 5.74) is 1.76. The van der Waals surface area contributed by atoms with E-state index in [9.17, 15) is 4.79 Å². The summed E-state index contributed by atoms with van der Waals surface area (Å²) in [6.45, 7) is 4.80. The first kappa shape index (κ1) is 19.2. The van der Waals surface area contributed by atoms with Gasteiger partial charge in [-0.15, -0.1) is 24.2 Å². The largest absolute Gasteiger partial charge is 0.383 e. The number of carbonyl (C=O) groups is 1. The molecule has 0 aromatic heterocycles. The van der Waals surface area contributed by atoms with Crippen molar-refractivity contribution in [3.63, 3.8) is 0 Å². The zero-order valence-electron chi connectivity index (χ0n) is 12.2. The summed E-state index contributed by atoms with van der Waals surface area (Å²) >= 11 is 1.64. The maximum atomic E-state index is 12.0. The van der Waals surface area contributed by atoms with Crippen LogP contribution >= 0.6 is 24.2 Å². The van der Waals surface area contributed by atoms with Gasteiger partial charge in [-0.05, 0) is 30.9 Å². The van der Waals surface area contributed by atoms with E-state index in [1.165, 1.54) is 0 Å². The lowest BCUT2D eigenvalue weighted by molar-refractivity contribution is 0.0953. The maximum absolute atomic E-state index is 12.0. The molecule has 6 heteroatoms. The molecule has 0 aliphatic carbocycles. The monoisotopic (exact) mass is 318 g/mol. The molecule has 0 spiro atoms. The summed E-state index contributed by atoms with van der Waals surface area (Å²) in [7, 11) is 1.67. The smallest absolute Gasteiger partial charge is 0.251 e. The van der Waals surface area contributed by atoms with Gasteiger partial charge in [0.25, 0.3) is 5.91 Å². The Balaban J connectivity index is 0.00000361. The highest BCUT2D eigenvalue weighted by molar-refractivity contribution is 7.98. The number of ether oxygens (including phenoxy) is 1. The van der Waals surface area contributed by atoms with E-state index in [1.807, 2.05) is 31.4 Å². The second kappa shape index (κ2) is 11.0. The lowest BCUT2D eigenvalue weighted by Crippen LogP contribution is -2.33. The molecule has 1 rings (SSSR count). The van der Waals surface area contributed by atoms with Gasteiger partial charge in [-0.2, -0.15) is 0 Å². The third-order valence-corrected chi connectivity index (χ3v) is 3.48. The van der Waals surface area contributed by atoms with Gasteiger partial charge in [0.1, 0.15) is 0 Å². The molecule has 2 N–H and O–H groups in total. The molecule has 0 aliphatic rings. The summed E-state index contributed by atoms with van der Waals surface area (Å²) in [4.78, 5) is 13.2. The molecule has 0 bridgehead atoms. The first-order valence-electron chi connectivity index (χ1n) is 6.31. The van der Waals surface area contributed by atoms with Crippen molar-refractivity contribution in [2.75, 3.05) is 39.6 Å². The SMILES string of the molecule is COCCNCCNC(=O)c1cc(SC)ccc1C.Cl. The number of thioether (sulfide) groups is 1. The van der Waals surface area contributed by atoms with Crippen LogP contribution in [0.1, 0.15) is 15.9 Å². The number of hydrogen-bond acceptors (Lipinski definition) is 4. The van der Waals surface area contributed by atoms with E-state index in [0.717, 1.165) is 29.1 Å². The van der Waals surface area contributed by atoms with Gasteiger partial charge in [-0.1, -0.05) is 6.07 Å². The van der Waals surface area contributed by atoms with Gasteiger partial charge in [-0.3, -0.25) is 4.79 Å². The number of methoxy groups -OCH3 is 1. The Bertz CT molecular complexity index is 416. The second-order valence-corrected chi connectivity index (χ2v) is 5.06. The minimum absolute atomic E-state index is 0. The van der Waals surface area contributed by atoms with Crippen LogP contribution in [0.25, 0.3) is 0 Å². The maximum Gasteiger partial charge on any atom is 0.251 e. The van der Waals surface area contributed by atoms with Crippen molar-refractivity contribution in [3.8, 4) is 0 Å². The highest BCUT2D eigenvalue weighted by Gasteiger charge is 2.08. The van der Waals surface area contributed by atoms with Crippen LogP contribution in [0.2, 0.25) is 0 Å². The molecule has 1 amide bonds. The first-order valence-corrected chi connectivity index (χ1v) is 7.54. The summed E-state index contributed by atoms with van der Waals surface area (Å²) in [6.07, 6.45) is 2.01. The average Bonchev–Trinajstić information content (AvgIpc) is 2.43. The molecule has 114 valence electrons. The summed E-state index contributed by atoms with van der Waals surface area (Å²) in [6, 6.07) is 5.95. The number of halogens is 1. The van der Waals surface area contributed by atoms with E-state index in [0.29, 0.717) is 13.2 Å². The molecule has 0 saturated carbocycles. The molecule has 4 nitrogen and oxygen atoms in total. The molecular formula is C14H23ClN2O2S. The predicted octanol–water partition coefficient (Wildman–Crippen LogP) is 2.10. The van der Waals surface area contributed by atoms with Crippen molar-refractivity contribution in [1.82, 2.24) is 10.6 Å². The Kier molecular flexibility index (Phi) is 10.6. The van der Waals surface area contributed by atoms with E-state index < -0.39 is 0 Å². The third kappa shape index (κ3) is 6.61. The predicted molar refractivity (Wildman–Crippen MR) is 87.3 cm³/mol. The third-order valence-electron chi connectivity index (χ3n) is 2.76. The van der Waals surface area contributed by atoms with Gasteiger partial charge < -0.3 is 15.4 Å². The fraction of sp³-hybridized carbons (Fsp3) is 0.500. The molecule has 0 aliphatic heterocycles. The van der Waals surface area contributed by atoms with Gasteiger partial charge in [0, 0.05) is 37.2 Å². The van der Waals surface area contributed by atoms with Crippen LogP contribution in [0.3, 0.4) is 0 Å². The standard InChI is InChI=1S/C14H22N2O2S.ClH/c1-11-4-5-12(19-3)10-13(11)14(17)16-7-6-15-8-9-18-2;/h4-5,10,15H,6-9H2,1-3H3,(H,16,17);1H. The minimum Gasteiger partial charge on any atom is -0.383 e. The molecule has 0 unspecified atom stereocenters. The van der Waals surface area contributed by atoms with Gasteiger partial charge in [0.15, 0.2) is 0 Å². The number of aryl methyl sites for hydroxylation is 1. The summed E-state index contributed by atoms with van der Waals surface area (Å²) in [5.74, 6) is -0.0121. The number of nitrogens with one attached hydrogen (secondary N) is 2. The van der Waals surface area contributed by atoms with E-state index in [2.05, 4.69) is 10.6 Å². The number of carbonyl (C=O) groups excluding carboxylic acids is 1. The Hall–Kier alpha value is -0.750. The normalized spacial score (nSPS) is 9.95. The topological polar surface area (TPSA) is 50.4 Å². The van der Waals surface area contributed by atoms with Crippen LogP contribution in [0, 0.1) is 6.92 Å². The van der Waals surface area contributed by atoms with E-state index in [4.69, 9.17) is 4.74 Å². The average molecular weight is 319 g/mol. The van der Waals surface area contributed by atoms with Gasteiger partial charge in [0.05, 0.1) is 6.61 Å². The molecule has 0 fully saturated rings. The zero-order chi connectivity index (χ0) is 14.1. The highest BCUT2D eigenvalue weighted by atomic mass is 35.5. The highest BCUT2D eigenvalue weighted by Crippen LogP contribution is 2.18. The van der Waals surface area contributed by atoms with Crippen molar-refractivity contribution < 1.29 is 9.53 Å². The first-order chi connectivity index (χ1) is 9.19. The quantitative estimate of drug-likeness (QED) is 0.569. The fourth-order valence-corrected chi connectivity index (χ4v) is 2.07. The molecule has 0 saturated heterocycles. The van der Waals surface area contributed by atoms with Gasteiger partial charge in [0.2, 0.25) is 0 Å². The van der Waals surface area contributed by atoms with Crippen LogP contribution in [0.15, 0.2) is 23.1 Å². The van der Waals surface area contributed by atoms with Crippen LogP contribution in [0.5, 0.6) is 0 Å². The lowest BCUT2D eigenvalue weighted by Gasteiger charge is -2.09. The van der Waals surface area contributed by atoms with Crippen molar-refractivity contribution in [2.24, 2.45) is 0 Å². The Morgan fingerprint density at radius 1 is 1.30 bits per heavy atom. The van der Waals surface area contributed by atoms with Crippen molar-refractivity contribution >= 4 is 30.1 Å². The lowest BCUT2D eigenvalue weighted by atomic mass is 10.1. The van der Waals surface area contributed by atoms with E-state index in [1.54, 1.807) is 18.9 Å². The van der Waals surface area contributed by atoms with Crippen molar-refractivity contribution in [1.29, 1.82) is 0 Å². The zero-order valence-corrected chi connectivity index (χ0v) is 13.8. The molecule has 20 heavy (non-hydrogen) atoms. The van der Waals surface area contributed by atoms with Gasteiger partial charge >= 0.3 is 0 Å². The number of hydrogen-bond donors (Lipinski definition) is 2.